The third-order valence-corrected chi connectivity index (χ3v) is 3.86. The monoisotopic (exact) mass is 374 g/mol. The molecule has 1 aromatic rings. The Morgan fingerprint density at radius 3 is 2.83 bits per heavy atom. The van der Waals surface area contributed by atoms with Gasteiger partial charge in [-0.3, -0.25) is 9.59 Å². The summed E-state index contributed by atoms with van der Waals surface area (Å²) in [7, 11) is 0. The molecule has 0 bridgehead atoms. The van der Waals surface area contributed by atoms with Crippen LogP contribution in [0.4, 0.5) is 0 Å². The second-order valence-electron chi connectivity index (χ2n) is 4.05. The van der Waals surface area contributed by atoms with Crippen LogP contribution in [0.3, 0.4) is 0 Å². The van der Waals surface area contributed by atoms with Gasteiger partial charge in [-0.2, -0.15) is 0 Å². The van der Waals surface area contributed by atoms with Gasteiger partial charge in [0.05, 0.1) is 12.1 Å². The first kappa shape index (κ1) is 13.5. The summed E-state index contributed by atoms with van der Waals surface area (Å²) in [5.74, 6) is -0.222. The molecule has 1 saturated heterocycles. The van der Waals surface area contributed by atoms with Gasteiger partial charge in [-0.05, 0) is 40.5 Å². The van der Waals surface area contributed by atoms with Crippen molar-refractivity contribution in [3.63, 3.8) is 0 Å². The van der Waals surface area contributed by atoms with Gasteiger partial charge in [-0.25, -0.2) is 0 Å². The predicted octanol–water partition coefficient (Wildman–Crippen LogP) is 2.17. The Balaban J connectivity index is 2.21. The fourth-order valence-electron chi connectivity index (χ4n) is 1.81. The SMILES string of the molecule is O=C1CN(C(=O)c2ccc(Br)cc2Br)CCCN1. The third kappa shape index (κ3) is 3.11. The van der Waals surface area contributed by atoms with Crippen LogP contribution in [0.15, 0.2) is 27.1 Å². The smallest absolute Gasteiger partial charge is 0.255 e. The van der Waals surface area contributed by atoms with Crippen molar-refractivity contribution in [1.82, 2.24) is 10.2 Å². The number of hydrogen-bond acceptors (Lipinski definition) is 2. The highest BCUT2D eigenvalue weighted by atomic mass is 79.9. The van der Waals surface area contributed by atoms with E-state index in [1.54, 1.807) is 11.0 Å². The first-order valence-corrected chi connectivity index (χ1v) is 7.17. The molecule has 1 aromatic carbocycles. The van der Waals surface area contributed by atoms with Gasteiger partial charge in [0.25, 0.3) is 5.91 Å². The fourth-order valence-corrected chi connectivity index (χ4v) is 3.03. The molecule has 1 aliphatic heterocycles. The quantitative estimate of drug-likeness (QED) is 0.817. The van der Waals surface area contributed by atoms with Gasteiger partial charge in [0, 0.05) is 22.0 Å². The van der Waals surface area contributed by atoms with E-state index in [2.05, 4.69) is 37.2 Å². The molecule has 1 fully saturated rings. The van der Waals surface area contributed by atoms with Crippen molar-refractivity contribution in [3.8, 4) is 0 Å². The number of benzene rings is 1. The molecule has 0 spiro atoms. The number of rotatable bonds is 1. The Morgan fingerprint density at radius 1 is 1.33 bits per heavy atom. The molecule has 0 saturated carbocycles. The van der Waals surface area contributed by atoms with E-state index in [-0.39, 0.29) is 18.4 Å². The van der Waals surface area contributed by atoms with Gasteiger partial charge >= 0.3 is 0 Å². The molecule has 18 heavy (non-hydrogen) atoms. The number of carbonyl (C=O) groups excluding carboxylic acids is 2. The van der Waals surface area contributed by atoms with Gasteiger partial charge in [0.15, 0.2) is 0 Å². The Morgan fingerprint density at radius 2 is 2.11 bits per heavy atom. The lowest BCUT2D eigenvalue weighted by Crippen LogP contribution is -2.37. The minimum absolute atomic E-state index is 0.103. The van der Waals surface area contributed by atoms with E-state index in [4.69, 9.17) is 0 Å². The number of carbonyl (C=O) groups is 2. The summed E-state index contributed by atoms with van der Waals surface area (Å²) < 4.78 is 1.63. The Hall–Kier alpha value is -0.880. The summed E-state index contributed by atoms with van der Waals surface area (Å²) in [6, 6.07) is 5.39. The van der Waals surface area contributed by atoms with Crippen molar-refractivity contribution < 1.29 is 9.59 Å². The summed E-state index contributed by atoms with van der Waals surface area (Å²) in [5.41, 5.74) is 0.577. The second-order valence-corrected chi connectivity index (χ2v) is 5.82. The van der Waals surface area contributed by atoms with Crippen LogP contribution >= 0.6 is 31.9 Å². The standard InChI is InChI=1S/C12H12Br2N2O2/c13-8-2-3-9(10(14)6-8)12(18)16-5-1-4-15-11(17)7-16/h2-3,6H,1,4-5,7H2,(H,15,17). The van der Waals surface area contributed by atoms with Crippen molar-refractivity contribution in [2.75, 3.05) is 19.6 Å². The zero-order valence-electron chi connectivity index (χ0n) is 9.58. The fraction of sp³-hybridized carbons (Fsp3) is 0.333. The largest absolute Gasteiger partial charge is 0.354 e. The zero-order valence-corrected chi connectivity index (χ0v) is 12.8. The van der Waals surface area contributed by atoms with E-state index in [0.29, 0.717) is 18.7 Å². The third-order valence-electron chi connectivity index (χ3n) is 2.71. The molecule has 0 atom stereocenters. The second kappa shape index (κ2) is 5.84. The van der Waals surface area contributed by atoms with Crippen LogP contribution in [-0.2, 0) is 4.79 Å². The summed E-state index contributed by atoms with van der Waals surface area (Å²) in [6.45, 7) is 1.35. The van der Waals surface area contributed by atoms with Gasteiger partial charge < -0.3 is 10.2 Å². The van der Waals surface area contributed by atoms with Crippen LogP contribution in [0, 0.1) is 0 Å². The highest BCUT2D eigenvalue weighted by Gasteiger charge is 2.22. The Labute approximate surface area is 122 Å². The first-order valence-electron chi connectivity index (χ1n) is 5.59. The molecule has 6 heteroatoms. The normalized spacial score (nSPS) is 16.1. The van der Waals surface area contributed by atoms with Gasteiger partial charge in [0.2, 0.25) is 5.91 Å². The molecule has 4 nitrogen and oxygen atoms in total. The minimum atomic E-state index is -0.119. The molecule has 1 heterocycles. The number of nitrogens with zero attached hydrogens (tertiary/aromatic N) is 1. The molecule has 1 aliphatic rings. The topological polar surface area (TPSA) is 49.4 Å². The lowest BCUT2D eigenvalue weighted by molar-refractivity contribution is -0.121. The lowest BCUT2D eigenvalue weighted by Gasteiger charge is -2.19. The summed E-state index contributed by atoms with van der Waals surface area (Å²) in [5, 5.41) is 2.75. The number of hydrogen-bond donors (Lipinski definition) is 1. The summed E-state index contributed by atoms with van der Waals surface area (Å²) >= 11 is 6.72. The first-order chi connectivity index (χ1) is 8.58. The summed E-state index contributed by atoms with van der Waals surface area (Å²) in [6.07, 6.45) is 0.783. The lowest BCUT2D eigenvalue weighted by atomic mass is 10.2. The van der Waals surface area contributed by atoms with Crippen molar-refractivity contribution in [1.29, 1.82) is 0 Å². The van der Waals surface area contributed by atoms with E-state index in [9.17, 15) is 9.59 Å². The van der Waals surface area contributed by atoms with Crippen LogP contribution in [-0.4, -0.2) is 36.3 Å². The van der Waals surface area contributed by atoms with E-state index in [1.807, 2.05) is 12.1 Å². The molecule has 96 valence electrons. The number of halogens is 2. The van der Waals surface area contributed by atoms with Crippen molar-refractivity contribution >= 4 is 43.7 Å². The number of amides is 2. The molecule has 0 aromatic heterocycles. The van der Waals surface area contributed by atoms with Crippen molar-refractivity contribution in [2.24, 2.45) is 0 Å². The van der Waals surface area contributed by atoms with Crippen LogP contribution in [0.25, 0.3) is 0 Å². The minimum Gasteiger partial charge on any atom is -0.354 e. The Bertz CT molecular complexity index is 491. The molecular weight excluding hydrogens is 364 g/mol. The molecule has 1 N–H and O–H groups in total. The zero-order chi connectivity index (χ0) is 13.1. The van der Waals surface area contributed by atoms with Crippen LogP contribution in [0.5, 0.6) is 0 Å². The number of nitrogens with one attached hydrogen (secondary N) is 1. The predicted molar refractivity (Wildman–Crippen MR) is 75.4 cm³/mol. The molecule has 0 unspecified atom stereocenters. The molecule has 0 radical (unpaired) electrons. The van der Waals surface area contributed by atoms with E-state index < -0.39 is 0 Å². The van der Waals surface area contributed by atoms with Gasteiger partial charge in [-0.15, -0.1) is 0 Å². The van der Waals surface area contributed by atoms with Crippen molar-refractivity contribution in [3.05, 3.63) is 32.7 Å². The maximum absolute atomic E-state index is 12.3. The van der Waals surface area contributed by atoms with E-state index >= 15 is 0 Å². The van der Waals surface area contributed by atoms with Gasteiger partial charge in [-0.1, -0.05) is 15.9 Å². The molecule has 2 amide bonds. The molecular formula is C12H12Br2N2O2. The average Bonchev–Trinajstić information content (AvgIpc) is 2.53. The average molecular weight is 376 g/mol. The maximum Gasteiger partial charge on any atom is 0.255 e. The highest BCUT2D eigenvalue weighted by molar-refractivity contribution is 9.11. The van der Waals surface area contributed by atoms with Crippen LogP contribution < -0.4 is 5.32 Å². The van der Waals surface area contributed by atoms with E-state index in [0.717, 1.165) is 15.4 Å². The molecule has 2 rings (SSSR count). The summed E-state index contributed by atoms with van der Waals surface area (Å²) in [4.78, 5) is 25.4. The van der Waals surface area contributed by atoms with Crippen LogP contribution in [0.1, 0.15) is 16.8 Å². The van der Waals surface area contributed by atoms with Crippen LogP contribution in [0.2, 0.25) is 0 Å². The maximum atomic E-state index is 12.3. The highest BCUT2D eigenvalue weighted by Crippen LogP contribution is 2.23. The van der Waals surface area contributed by atoms with E-state index in [1.165, 1.54) is 0 Å². The van der Waals surface area contributed by atoms with Crippen molar-refractivity contribution in [2.45, 2.75) is 6.42 Å². The Kier molecular flexibility index (Phi) is 4.40. The molecule has 0 aliphatic carbocycles. The van der Waals surface area contributed by atoms with Gasteiger partial charge in [0.1, 0.15) is 0 Å².